The quantitative estimate of drug-likeness (QED) is 0.304. The Morgan fingerprint density at radius 2 is 2.09 bits per heavy atom. The lowest BCUT2D eigenvalue weighted by molar-refractivity contribution is 0.269. The summed E-state index contributed by atoms with van der Waals surface area (Å²) in [6.45, 7) is 0.409. The SMILES string of the molecule is N#Cc1cccc(S(=O)(=O)NC2CC(Nc3c(-c4ccn(CCO)n4)cnc4[nH]ccc34)C2)c1. The number of aromatic nitrogens is 4. The molecule has 10 nitrogen and oxygen atoms in total. The van der Waals surface area contributed by atoms with Crippen LogP contribution in [0.2, 0.25) is 0 Å². The number of fused-ring (bicyclic) bond motifs is 1. The average molecular weight is 478 g/mol. The van der Waals surface area contributed by atoms with E-state index in [0.29, 0.717) is 24.9 Å². The minimum Gasteiger partial charge on any atom is -0.394 e. The Labute approximate surface area is 196 Å². The average Bonchev–Trinajstić information content (AvgIpc) is 3.47. The van der Waals surface area contributed by atoms with Crippen LogP contribution in [0.3, 0.4) is 0 Å². The fourth-order valence-corrected chi connectivity index (χ4v) is 5.45. The molecule has 1 saturated carbocycles. The van der Waals surface area contributed by atoms with E-state index in [0.717, 1.165) is 28.0 Å². The van der Waals surface area contributed by atoms with Crippen molar-refractivity contribution in [3.63, 3.8) is 0 Å². The smallest absolute Gasteiger partial charge is 0.240 e. The van der Waals surface area contributed by atoms with Crippen molar-refractivity contribution in [1.29, 1.82) is 5.26 Å². The number of anilines is 1. The Hall–Kier alpha value is -3.72. The van der Waals surface area contributed by atoms with E-state index in [2.05, 4.69) is 25.1 Å². The molecular formula is C23H23N7O3S. The minimum atomic E-state index is -3.71. The molecule has 0 aliphatic heterocycles. The van der Waals surface area contributed by atoms with Gasteiger partial charge in [0.25, 0.3) is 0 Å². The second-order valence-corrected chi connectivity index (χ2v) is 9.96. The molecule has 0 radical (unpaired) electrons. The standard InChI is InChI=1S/C23H23N7O3S/c24-13-15-2-1-3-18(10-15)34(32,33)29-17-11-16(12-17)27-22-19-4-6-25-23(19)26-14-20(22)21-5-7-30(28-21)8-9-31/h1-7,10,14,16-17,29,31H,8-9,11-12H2,(H2,25,26,27). The largest absolute Gasteiger partial charge is 0.394 e. The third-order valence-corrected chi connectivity index (χ3v) is 7.43. The maximum Gasteiger partial charge on any atom is 0.240 e. The predicted octanol–water partition coefficient (Wildman–Crippen LogP) is 2.21. The summed E-state index contributed by atoms with van der Waals surface area (Å²) in [7, 11) is -3.71. The number of H-pyrrole nitrogens is 1. The van der Waals surface area contributed by atoms with Gasteiger partial charge in [0.05, 0.1) is 41.1 Å². The van der Waals surface area contributed by atoms with Crippen molar-refractivity contribution in [2.45, 2.75) is 36.4 Å². The van der Waals surface area contributed by atoms with Gasteiger partial charge in [0.15, 0.2) is 0 Å². The minimum absolute atomic E-state index is 0.00149. The Morgan fingerprint density at radius 3 is 2.88 bits per heavy atom. The van der Waals surface area contributed by atoms with E-state index in [4.69, 9.17) is 5.26 Å². The molecule has 0 unspecified atom stereocenters. The zero-order chi connectivity index (χ0) is 23.7. The zero-order valence-corrected chi connectivity index (χ0v) is 19.0. The second-order valence-electron chi connectivity index (χ2n) is 8.24. The Bertz CT molecular complexity index is 1480. The van der Waals surface area contributed by atoms with Gasteiger partial charge in [0.1, 0.15) is 5.65 Å². The van der Waals surface area contributed by atoms with Crippen molar-refractivity contribution in [2.24, 2.45) is 0 Å². The highest BCUT2D eigenvalue weighted by molar-refractivity contribution is 7.89. The van der Waals surface area contributed by atoms with Crippen LogP contribution in [0.4, 0.5) is 5.69 Å². The molecule has 0 amide bonds. The highest BCUT2D eigenvalue weighted by Gasteiger charge is 2.33. The molecule has 0 bridgehead atoms. The number of hydrogen-bond donors (Lipinski definition) is 4. The van der Waals surface area contributed by atoms with Crippen LogP contribution in [0.5, 0.6) is 0 Å². The lowest BCUT2D eigenvalue weighted by Crippen LogP contribution is -2.49. The number of sulfonamides is 1. The van der Waals surface area contributed by atoms with Gasteiger partial charge in [0.2, 0.25) is 10.0 Å². The zero-order valence-electron chi connectivity index (χ0n) is 18.1. The molecule has 1 aromatic carbocycles. The van der Waals surface area contributed by atoms with Crippen molar-refractivity contribution < 1.29 is 13.5 Å². The second kappa shape index (κ2) is 8.90. The fraction of sp³-hybridized carbons (Fsp3) is 0.261. The summed E-state index contributed by atoms with van der Waals surface area (Å²) in [5.74, 6) is 0. The van der Waals surface area contributed by atoms with Crippen LogP contribution >= 0.6 is 0 Å². The molecule has 5 rings (SSSR count). The molecule has 0 atom stereocenters. The van der Waals surface area contributed by atoms with E-state index in [1.165, 1.54) is 12.1 Å². The van der Waals surface area contributed by atoms with Gasteiger partial charge in [-0.2, -0.15) is 10.4 Å². The van der Waals surface area contributed by atoms with Gasteiger partial charge in [-0.1, -0.05) is 6.07 Å². The van der Waals surface area contributed by atoms with Gasteiger partial charge in [-0.15, -0.1) is 0 Å². The number of rotatable bonds is 8. The van der Waals surface area contributed by atoms with E-state index < -0.39 is 10.0 Å². The molecule has 11 heteroatoms. The van der Waals surface area contributed by atoms with Gasteiger partial charge >= 0.3 is 0 Å². The van der Waals surface area contributed by atoms with Crippen molar-refractivity contribution in [3.8, 4) is 17.3 Å². The van der Waals surface area contributed by atoms with Crippen molar-refractivity contribution in [1.82, 2.24) is 24.5 Å². The first-order valence-corrected chi connectivity index (χ1v) is 12.3. The Kier molecular flexibility index (Phi) is 5.79. The normalized spacial score (nSPS) is 17.9. The number of nitriles is 1. The summed E-state index contributed by atoms with van der Waals surface area (Å²) in [4.78, 5) is 7.69. The maximum absolute atomic E-state index is 12.7. The lowest BCUT2D eigenvalue weighted by Gasteiger charge is -2.37. The van der Waals surface area contributed by atoms with E-state index >= 15 is 0 Å². The number of pyridine rings is 1. The van der Waals surface area contributed by atoms with Gasteiger partial charge in [0, 0.05) is 41.6 Å². The third-order valence-electron chi connectivity index (χ3n) is 5.91. The summed E-state index contributed by atoms with van der Waals surface area (Å²) >= 11 is 0. The van der Waals surface area contributed by atoms with Crippen molar-refractivity contribution >= 4 is 26.7 Å². The topological polar surface area (TPSA) is 149 Å². The first-order chi connectivity index (χ1) is 16.5. The third kappa shape index (κ3) is 4.26. The molecule has 0 saturated heterocycles. The monoisotopic (exact) mass is 477 g/mol. The van der Waals surface area contributed by atoms with Gasteiger partial charge in [-0.05, 0) is 43.2 Å². The van der Waals surface area contributed by atoms with E-state index in [1.54, 1.807) is 23.0 Å². The van der Waals surface area contributed by atoms with Gasteiger partial charge in [-0.3, -0.25) is 4.68 Å². The number of aliphatic hydroxyl groups excluding tert-OH is 1. The van der Waals surface area contributed by atoms with Crippen LogP contribution in [-0.2, 0) is 16.6 Å². The summed E-state index contributed by atoms with van der Waals surface area (Å²) < 4.78 is 29.9. The molecule has 1 fully saturated rings. The summed E-state index contributed by atoms with van der Waals surface area (Å²) in [5, 5.41) is 27.2. The molecule has 4 aromatic rings. The van der Waals surface area contributed by atoms with Gasteiger partial charge in [-0.25, -0.2) is 18.1 Å². The van der Waals surface area contributed by atoms with Gasteiger partial charge < -0.3 is 15.4 Å². The lowest BCUT2D eigenvalue weighted by atomic mass is 9.87. The van der Waals surface area contributed by atoms with Crippen LogP contribution in [-0.4, -0.2) is 52.0 Å². The van der Waals surface area contributed by atoms with Crippen LogP contribution in [0.1, 0.15) is 18.4 Å². The molecule has 174 valence electrons. The molecule has 1 aliphatic carbocycles. The highest BCUT2D eigenvalue weighted by atomic mass is 32.2. The van der Waals surface area contributed by atoms with Crippen LogP contribution in [0.15, 0.2) is 59.9 Å². The van der Waals surface area contributed by atoms with E-state index in [1.807, 2.05) is 30.6 Å². The fourth-order valence-electron chi connectivity index (χ4n) is 4.15. The molecule has 34 heavy (non-hydrogen) atoms. The first-order valence-electron chi connectivity index (χ1n) is 10.9. The molecule has 3 heterocycles. The van der Waals surface area contributed by atoms with Crippen LogP contribution < -0.4 is 10.0 Å². The number of nitrogens with zero attached hydrogens (tertiary/aromatic N) is 4. The molecule has 4 N–H and O–H groups in total. The molecular weight excluding hydrogens is 454 g/mol. The summed E-state index contributed by atoms with van der Waals surface area (Å²) in [5.41, 5.74) is 3.50. The molecule has 3 aromatic heterocycles. The number of nitrogens with one attached hydrogen (secondary N) is 3. The number of aromatic amines is 1. The van der Waals surface area contributed by atoms with Crippen LogP contribution in [0, 0.1) is 11.3 Å². The Balaban J connectivity index is 1.32. The summed E-state index contributed by atoms with van der Waals surface area (Å²) in [6.07, 6.45) is 6.62. The number of benzene rings is 1. The van der Waals surface area contributed by atoms with Crippen molar-refractivity contribution in [2.75, 3.05) is 11.9 Å². The van der Waals surface area contributed by atoms with E-state index in [-0.39, 0.29) is 23.6 Å². The number of hydrogen-bond acceptors (Lipinski definition) is 7. The summed E-state index contributed by atoms with van der Waals surface area (Å²) in [6, 6.07) is 11.6. The maximum atomic E-state index is 12.7. The van der Waals surface area contributed by atoms with E-state index in [9.17, 15) is 13.5 Å². The Morgan fingerprint density at radius 1 is 1.24 bits per heavy atom. The van der Waals surface area contributed by atoms with Crippen molar-refractivity contribution in [3.05, 3.63) is 60.6 Å². The van der Waals surface area contributed by atoms with Crippen LogP contribution in [0.25, 0.3) is 22.3 Å². The predicted molar refractivity (Wildman–Crippen MR) is 126 cm³/mol. The number of aliphatic hydroxyl groups is 1. The first kappa shape index (κ1) is 22.1. The highest BCUT2D eigenvalue weighted by Crippen LogP contribution is 2.36. The molecule has 0 spiro atoms. The molecule has 1 aliphatic rings.